The summed E-state index contributed by atoms with van der Waals surface area (Å²) >= 11 is 0. The first-order chi connectivity index (χ1) is 9.24. The minimum Gasteiger partial charge on any atom is -0.352 e. The summed E-state index contributed by atoms with van der Waals surface area (Å²) in [5.74, 6) is 0.00319. The van der Waals surface area contributed by atoms with E-state index in [2.05, 4.69) is 5.32 Å². The molecule has 1 N–H and O–H groups in total. The molecule has 0 spiro atoms. The maximum absolute atomic E-state index is 12.2. The van der Waals surface area contributed by atoms with Gasteiger partial charge in [0.1, 0.15) is 6.54 Å². The van der Waals surface area contributed by atoms with Crippen LogP contribution in [-0.2, 0) is 16.0 Å². The highest BCUT2D eigenvalue weighted by molar-refractivity contribution is 5.99. The number of nitrogens with one attached hydrogen (secondary N) is 1. The molecule has 100 valence electrons. The monoisotopic (exact) mass is 258 g/mol. The van der Waals surface area contributed by atoms with Crippen molar-refractivity contribution in [3.8, 4) is 0 Å². The van der Waals surface area contributed by atoms with E-state index in [1.54, 1.807) is 4.90 Å². The molecular formula is C15H18N2O2. The number of rotatable bonds is 3. The summed E-state index contributed by atoms with van der Waals surface area (Å²) in [7, 11) is 0. The normalized spacial score (nSPS) is 18.7. The number of para-hydroxylation sites is 1. The number of hydrogen-bond acceptors (Lipinski definition) is 2. The quantitative estimate of drug-likeness (QED) is 0.896. The molecule has 4 heteroatoms. The van der Waals surface area contributed by atoms with Crippen LogP contribution in [0.5, 0.6) is 0 Å². The van der Waals surface area contributed by atoms with E-state index in [0.717, 1.165) is 36.9 Å². The molecule has 4 nitrogen and oxygen atoms in total. The van der Waals surface area contributed by atoms with Crippen LogP contribution in [0.3, 0.4) is 0 Å². The molecule has 0 saturated heterocycles. The Morgan fingerprint density at radius 1 is 1.26 bits per heavy atom. The van der Waals surface area contributed by atoms with Gasteiger partial charge in [-0.05, 0) is 37.3 Å². The van der Waals surface area contributed by atoms with Gasteiger partial charge in [-0.15, -0.1) is 0 Å². The second-order valence-electron chi connectivity index (χ2n) is 5.30. The molecule has 0 aromatic heterocycles. The fraction of sp³-hybridized carbons (Fsp3) is 0.467. The largest absolute Gasteiger partial charge is 0.352 e. The molecule has 19 heavy (non-hydrogen) atoms. The summed E-state index contributed by atoms with van der Waals surface area (Å²) in [5, 5.41) is 2.94. The van der Waals surface area contributed by atoms with Gasteiger partial charge in [-0.25, -0.2) is 0 Å². The molecule has 0 bridgehead atoms. The van der Waals surface area contributed by atoms with Crippen LogP contribution in [0.15, 0.2) is 24.3 Å². The van der Waals surface area contributed by atoms with Crippen molar-refractivity contribution in [2.45, 2.75) is 38.1 Å². The molecule has 1 aliphatic carbocycles. The zero-order chi connectivity index (χ0) is 13.2. The predicted octanol–water partition coefficient (Wildman–Crippen LogP) is 1.63. The maximum Gasteiger partial charge on any atom is 0.240 e. The number of carbonyl (C=O) groups is 2. The summed E-state index contributed by atoms with van der Waals surface area (Å²) in [4.78, 5) is 25.7. The van der Waals surface area contributed by atoms with Crippen molar-refractivity contribution in [3.05, 3.63) is 29.8 Å². The van der Waals surface area contributed by atoms with Gasteiger partial charge in [0.15, 0.2) is 0 Å². The Kier molecular flexibility index (Phi) is 3.23. The number of carbonyl (C=O) groups excluding carboxylic acids is 2. The van der Waals surface area contributed by atoms with Crippen LogP contribution in [0, 0.1) is 0 Å². The first kappa shape index (κ1) is 12.2. The summed E-state index contributed by atoms with van der Waals surface area (Å²) in [6, 6.07) is 8.22. The highest BCUT2D eigenvalue weighted by Crippen LogP contribution is 2.26. The highest BCUT2D eigenvalue weighted by atomic mass is 16.2. The molecule has 1 aromatic rings. The van der Waals surface area contributed by atoms with E-state index in [1.807, 2.05) is 24.3 Å². The number of aryl methyl sites for hydroxylation is 1. The Hall–Kier alpha value is -1.84. The van der Waals surface area contributed by atoms with Gasteiger partial charge in [0.2, 0.25) is 11.8 Å². The third-order valence-electron chi connectivity index (χ3n) is 3.66. The Morgan fingerprint density at radius 2 is 2.05 bits per heavy atom. The minimum atomic E-state index is -0.0486. The lowest BCUT2D eigenvalue weighted by molar-refractivity contribution is -0.123. The van der Waals surface area contributed by atoms with Crippen LogP contribution in [0.2, 0.25) is 0 Å². The maximum atomic E-state index is 12.2. The zero-order valence-electron chi connectivity index (χ0n) is 10.9. The fourth-order valence-electron chi connectivity index (χ4n) is 2.50. The third kappa shape index (κ3) is 2.78. The molecule has 1 aliphatic heterocycles. The van der Waals surface area contributed by atoms with Crippen LogP contribution in [0.1, 0.15) is 31.2 Å². The van der Waals surface area contributed by atoms with E-state index in [-0.39, 0.29) is 18.4 Å². The molecule has 0 atom stereocenters. The number of nitrogens with zero attached hydrogens (tertiary/aromatic N) is 1. The molecule has 0 radical (unpaired) electrons. The van der Waals surface area contributed by atoms with E-state index in [9.17, 15) is 9.59 Å². The lowest BCUT2D eigenvalue weighted by Crippen LogP contribution is -2.41. The number of anilines is 1. The summed E-state index contributed by atoms with van der Waals surface area (Å²) in [6.07, 6.45) is 4.41. The van der Waals surface area contributed by atoms with Gasteiger partial charge in [0, 0.05) is 18.2 Å². The Morgan fingerprint density at radius 3 is 2.84 bits per heavy atom. The van der Waals surface area contributed by atoms with Gasteiger partial charge in [-0.3, -0.25) is 9.59 Å². The van der Waals surface area contributed by atoms with Crippen molar-refractivity contribution >= 4 is 17.5 Å². The first-order valence-electron chi connectivity index (χ1n) is 6.91. The second kappa shape index (κ2) is 5.03. The van der Waals surface area contributed by atoms with Crippen molar-refractivity contribution in [1.29, 1.82) is 0 Å². The molecule has 2 aliphatic rings. The smallest absolute Gasteiger partial charge is 0.240 e. The number of amides is 2. The lowest BCUT2D eigenvalue weighted by atomic mass is 10.1. The van der Waals surface area contributed by atoms with Gasteiger partial charge >= 0.3 is 0 Å². The summed E-state index contributed by atoms with van der Waals surface area (Å²) in [6.45, 7) is 0.145. The predicted molar refractivity (Wildman–Crippen MR) is 72.9 cm³/mol. The first-order valence-corrected chi connectivity index (χ1v) is 6.91. The van der Waals surface area contributed by atoms with Crippen LogP contribution in [0.4, 0.5) is 5.69 Å². The lowest BCUT2D eigenvalue weighted by Gasteiger charge is -2.22. The summed E-state index contributed by atoms with van der Waals surface area (Å²) < 4.78 is 0. The van der Waals surface area contributed by atoms with Crippen LogP contribution in [0.25, 0.3) is 0 Å². The van der Waals surface area contributed by atoms with Crippen molar-refractivity contribution in [2.24, 2.45) is 0 Å². The van der Waals surface area contributed by atoms with Gasteiger partial charge in [0.05, 0.1) is 0 Å². The van der Waals surface area contributed by atoms with Gasteiger partial charge in [-0.2, -0.15) is 0 Å². The van der Waals surface area contributed by atoms with E-state index >= 15 is 0 Å². The molecular weight excluding hydrogens is 240 g/mol. The fourth-order valence-corrected chi connectivity index (χ4v) is 2.50. The van der Waals surface area contributed by atoms with E-state index in [1.165, 1.54) is 0 Å². The van der Waals surface area contributed by atoms with Crippen LogP contribution >= 0.6 is 0 Å². The Balaban J connectivity index is 1.80. The number of fused-ring (bicyclic) bond motifs is 1. The minimum absolute atomic E-state index is 0.0486. The Labute approximate surface area is 112 Å². The SMILES string of the molecule is O=C(CN1C(=O)CCCc2ccccc21)NC1CC1. The average molecular weight is 258 g/mol. The average Bonchev–Trinajstić information content (AvgIpc) is 3.20. The number of hydrogen-bond donors (Lipinski definition) is 1. The standard InChI is InChI=1S/C15H18N2O2/c18-14(16-12-8-9-12)10-17-13-6-2-1-4-11(13)5-3-7-15(17)19/h1-2,4,6,12H,3,5,7-10H2,(H,16,18). The van der Waals surface area contributed by atoms with Crippen LogP contribution < -0.4 is 10.2 Å². The van der Waals surface area contributed by atoms with Crippen LogP contribution in [-0.4, -0.2) is 24.4 Å². The number of benzene rings is 1. The van der Waals surface area contributed by atoms with E-state index in [0.29, 0.717) is 12.5 Å². The molecule has 1 aromatic carbocycles. The summed E-state index contributed by atoms with van der Waals surface area (Å²) in [5.41, 5.74) is 2.06. The molecule has 1 saturated carbocycles. The van der Waals surface area contributed by atoms with Crippen molar-refractivity contribution in [3.63, 3.8) is 0 Å². The van der Waals surface area contributed by atoms with Gasteiger partial charge < -0.3 is 10.2 Å². The molecule has 1 fully saturated rings. The molecule has 1 heterocycles. The Bertz CT molecular complexity index is 509. The van der Waals surface area contributed by atoms with Crippen molar-refractivity contribution < 1.29 is 9.59 Å². The van der Waals surface area contributed by atoms with Gasteiger partial charge in [0.25, 0.3) is 0 Å². The topological polar surface area (TPSA) is 49.4 Å². The molecule has 0 unspecified atom stereocenters. The zero-order valence-corrected chi connectivity index (χ0v) is 10.9. The highest BCUT2D eigenvalue weighted by Gasteiger charge is 2.27. The van der Waals surface area contributed by atoms with Crippen molar-refractivity contribution in [1.82, 2.24) is 5.32 Å². The molecule has 2 amide bonds. The second-order valence-corrected chi connectivity index (χ2v) is 5.30. The van der Waals surface area contributed by atoms with E-state index < -0.39 is 0 Å². The molecule has 3 rings (SSSR count). The third-order valence-corrected chi connectivity index (χ3v) is 3.66. The van der Waals surface area contributed by atoms with Gasteiger partial charge in [-0.1, -0.05) is 18.2 Å². The van der Waals surface area contributed by atoms with E-state index in [4.69, 9.17) is 0 Å². The van der Waals surface area contributed by atoms with Crippen molar-refractivity contribution in [2.75, 3.05) is 11.4 Å².